The van der Waals surface area contributed by atoms with Crippen LogP contribution in [0.15, 0.2) is 54.6 Å². The zero-order valence-corrected chi connectivity index (χ0v) is 17.6. The lowest BCUT2D eigenvalue weighted by molar-refractivity contribution is -0.148. The molecule has 8 nitrogen and oxygen atoms in total. The molecule has 0 aliphatic carbocycles. The van der Waals surface area contributed by atoms with E-state index in [1.165, 1.54) is 0 Å². The van der Waals surface area contributed by atoms with Crippen LogP contribution in [0.25, 0.3) is 11.1 Å². The highest BCUT2D eigenvalue weighted by Gasteiger charge is 2.24. The van der Waals surface area contributed by atoms with Gasteiger partial charge in [-0.25, -0.2) is 4.79 Å². The van der Waals surface area contributed by atoms with Crippen molar-refractivity contribution in [3.05, 3.63) is 60.2 Å². The molecule has 8 heteroatoms. The Bertz CT molecular complexity index is 913. The van der Waals surface area contributed by atoms with Crippen LogP contribution in [-0.2, 0) is 25.5 Å². The van der Waals surface area contributed by atoms with E-state index in [1.807, 2.05) is 54.6 Å². The first-order valence-corrected chi connectivity index (χ1v) is 9.97. The molecular weight excluding hydrogens is 398 g/mol. The third kappa shape index (κ3) is 7.58. The van der Waals surface area contributed by atoms with Crippen molar-refractivity contribution in [1.29, 1.82) is 5.41 Å². The van der Waals surface area contributed by atoms with Crippen molar-refractivity contribution in [1.82, 2.24) is 5.32 Å². The van der Waals surface area contributed by atoms with Crippen molar-refractivity contribution in [2.24, 2.45) is 11.7 Å². The number of nitrogens with one attached hydrogen (secondary N) is 2. The quantitative estimate of drug-likeness (QED) is 0.340. The van der Waals surface area contributed by atoms with E-state index < -0.39 is 29.9 Å². The van der Waals surface area contributed by atoms with Crippen molar-refractivity contribution >= 4 is 23.9 Å². The topological polar surface area (TPSA) is 132 Å². The fourth-order valence-corrected chi connectivity index (χ4v) is 3.15. The van der Waals surface area contributed by atoms with Gasteiger partial charge in [-0.05, 0) is 36.5 Å². The van der Waals surface area contributed by atoms with Crippen LogP contribution in [0.2, 0.25) is 0 Å². The number of primary amides is 1. The van der Waals surface area contributed by atoms with E-state index in [9.17, 15) is 14.4 Å². The zero-order chi connectivity index (χ0) is 22.8. The molecule has 0 saturated heterocycles. The minimum absolute atomic E-state index is 0.262. The molecule has 0 spiro atoms. The van der Waals surface area contributed by atoms with Gasteiger partial charge in [0, 0.05) is 6.04 Å². The SMILES string of the molecule is CCOC(=O)C(C)CC(Cc1ccc(-c2ccccc2)cc1)NC(=O)C(=N)OC(N)=O. The molecule has 0 radical (unpaired) electrons. The minimum atomic E-state index is -1.24. The summed E-state index contributed by atoms with van der Waals surface area (Å²) in [5, 5.41) is 10.2. The van der Waals surface area contributed by atoms with E-state index >= 15 is 0 Å². The fraction of sp³-hybridized carbons (Fsp3) is 0.304. The number of ether oxygens (including phenoxy) is 2. The highest BCUT2D eigenvalue weighted by Crippen LogP contribution is 2.21. The second-order valence-electron chi connectivity index (χ2n) is 7.08. The van der Waals surface area contributed by atoms with E-state index in [0.717, 1.165) is 16.7 Å². The van der Waals surface area contributed by atoms with Gasteiger partial charge in [-0.1, -0.05) is 61.5 Å². The summed E-state index contributed by atoms with van der Waals surface area (Å²) in [5.74, 6) is -2.63. The molecule has 4 N–H and O–H groups in total. The number of carbonyl (C=O) groups is 3. The third-order valence-corrected chi connectivity index (χ3v) is 4.61. The summed E-state index contributed by atoms with van der Waals surface area (Å²) in [4.78, 5) is 35.0. The number of amides is 2. The molecule has 2 aromatic rings. The summed E-state index contributed by atoms with van der Waals surface area (Å²) in [7, 11) is 0. The second-order valence-corrected chi connectivity index (χ2v) is 7.08. The second kappa shape index (κ2) is 11.5. The Morgan fingerprint density at radius 1 is 1.03 bits per heavy atom. The van der Waals surface area contributed by atoms with E-state index in [1.54, 1.807) is 13.8 Å². The Balaban J connectivity index is 2.13. The van der Waals surface area contributed by atoms with Crippen molar-refractivity contribution in [3.63, 3.8) is 0 Å². The lowest BCUT2D eigenvalue weighted by Crippen LogP contribution is -2.43. The Morgan fingerprint density at radius 3 is 2.23 bits per heavy atom. The van der Waals surface area contributed by atoms with Gasteiger partial charge in [-0.15, -0.1) is 0 Å². The van der Waals surface area contributed by atoms with Crippen LogP contribution >= 0.6 is 0 Å². The highest BCUT2D eigenvalue weighted by atomic mass is 16.6. The maximum Gasteiger partial charge on any atom is 0.411 e. The smallest absolute Gasteiger partial charge is 0.411 e. The molecule has 2 rings (SSSR count). The zero-order valence-electron chi connectivity index (χ0n) is 17.6. The van der Waals surface area contributed by atoms with Crippen LogP contribution < -0.4 is 11.1 Å². The summed E-state index contributed by atoms with van der Waals surface area (Å²) >= 11 is 0. The Morgan fingerprint density at radius 2 is 1.65 bits per heavy atom. The van der Waals surface area contributed by atoms with E-state index in [4.69, 9.17) is 15.9 Å². The highest BCUT2D eigenvalue weighted by molar-refractivity contribution is 6.35. The molecule has 0 fully saturated rings. The number of benzene rings is 2. The summed E-state index contributed by atoms with van der Waals surface area (Å²) in [6.45, 7) is 3.69. The molecule has 0 aliphatic heterocycles. The van der Waals surface area contributed by atoms with Crippen LogP contribution in [0.1, 0.15) is 25.8 Å². The van der Waals surface area contributed by atoms with Gasteiger partial charge in [-0.3, -0.25) is 15.0 Å². The molecular formula is C23H27N3O5. The molecule has 0 aromatic heterocycles. The lowest BCUT2D eigenvalue weighted by atomic mass is 9.95. The predicted octanol–water partition coefficient (Wildman–Crippen LogP) is 3.04. The van der Waals surface area contributed by atoms with Crippen LogP contribution in [0.3, 0.4) is 0 Å². The standard InChI is InChI=1S/C23H27N3O5/c1-3-30-22(28)15(2)13-19(26-21(27)20(24)31-23(25)29)14-16-9-11-18(12-10-16)17-7-5-4-6-8-17/h4-12,15,19,24H,3,13-14H2,1-2H3,(H2,25,29)(H,26,27). The molecule has 31 heavy (non-hydrogen) atoms. The normalized spacial score (nSPS) is 12.3. The lowest BCUT2D eigenvalue weighted by Gasteiger charge is -2.22. The first-order valence-electron chi connectivity index (χ1n) is 9.97. The van der Waals surface area contributed by atoms with Gasteiger partial charge in [0.05, 0.1) is 12.5 Å². The summed E-state index contributed by atoms with van der Waals surface area (Å²) in [6, 6.07) is 17.3. The van der Waals surface area contributed by atoms with Crippen molar-refractivity contribution < 1.29 is 23.9 Å². The van der Waals surface area contributed by atoms with Gasteiger partial charge in [0.2, 0.25) is 0 Å². The van der Waals surface area contributed by atoms with Crippen molar-refractivity contribution in [2.45, 2.75) is 32.7 Å². The largest absolute Gasteiger partial charge is 0.466 e. The number of nitrogens with two attached hydrogens (primary N) is 1. The van der Waals surface area contributed by atoms with Crippen LogP contribution in [0.5, 0.6) is 0 Å². The molecule has 164 valence electrons. The molecule has 2 aromatic carbocycles. The Kier molecular flexibility index (Phi) is 8.75. The van der Waals surface area contributed by atoms with E-state index in [0.29, 0.717) is 6.42 Å². The van der Waals surface area contributed by atoms with Gasteiger partial charge in [-0.2, -0.15) is 0 Å². The fourth-order valence-electron chi connectivity index (χ4n) is 3.15. The van der Waals surface area contributed by atoms with Gasteiger partial charge in [0.25, 0.3) is 5.90 Å². The minimum Gasteiger partial charge on any atom is -0.466 e. The van der Waals surface area contributed by atoms with Gasteiger partial charge in [0.15, 0.2) is 0 Å². The Labute approximate surface area is 181 Å². The number of esters is 1. The maximum atomic E-state index is 12.2. The summed E-state index contributed by atoms with van der Waals surface area (Å²) in [5.41, 5.74) is 7.94. The molecule has 0 saturated carbocycles. The first kappa shape index (κ1) is 23.6. The average Bonchev–Trinajstić information content (AvgIpc) is 2.74. The Hall–Kier alpha value is -3.68. The maximum absolute atomic E-state index is 12.2. The summed E-state index contributed by atoms with van der Waals surface area (Å²) < 4.78 is 9.38. The summed E-state index contributed by atoms with van der Waals surface area (Å²) in [6.07, 6.45) is -0.545. The number of rotatable bonds is 8. The molecule has 0 aliphatic rings. The molecule has 0 bridgehead atoms. The van der Waals surface area contributed by atoms with Gasteiger partial charge >= 0.3 is 18.0 Å². The van der Waals surface area contributed by atoms with Crippen molar-refractivity contribution in [3.8, 4) is 11.1 Å². The van der Waals surface area contributed by atoms with Crippen LogP contribution in [0.4, 0.5) is 4.79 Å². The number of carbonyl (C=O) groups excluding carboxylic acids is 3. The molecule has 0 heterocycles. The average molecular weight is 425 g/mol. The monoisotopic (exact) mass is 425 g/mol. The number of hydrogen-bond donors (Lipinski definition) is 3. The molecule has 2 unspecified atom stereocenters. The van der Waals surface area contributed by atoms with E-state index in [2.05, 4.69) is 10.1 Å². The van der Waals surface area contributed by atoms with Gasteiger partial charge in [0.1, 0.15) is 0 Å². The van der Waals surface area contributed by atoms with Crippen molar-refractivity contribution in [2.75, 3.05) is 6.61 Å². The predicted molar refractivity (Wildman–Crippen MR) is 116 cm³/mol. The third-order valence-electron chi connectivity index (χ3n) is 4.61. The van der Waals surface area contributed by atoms with Gasteiger partial charge < -0.3 is 20.5 Å². The molecule has 2 atom stereocenters. The van der Waals surface area contributed by atoms with E-state index in [-0.39, 0.29) is 19.0 Å². The van der Waals surface area contributed by atoms with Crippen LogP contribution in [0, 0.1) is 11.3 Å². The first-order chi connectivity index (χ1) is 14.8. The molecule has 2 amide bonds. The number of hydrogen-bond acceptors (Lipinski definition) is 6. The van der Waals surface area contributed by atoms with Crippen LogP contribution in [-0.4, -0.2) is 36.5 Å².